The number of rotatable bonds is 3. The van der Waals surface area contributed by atoms with Crippen LogP contribution in [0.4, 0.5) is 8.78 Å². The Bertz CT molecular complexity index is 415. The van der Waals surface area contributed by atoms with Crippen LogP contribution in [0.15, 0.2) is 6.07 Å². The first kappa shape index (κ1) is 13.8. The first-order chi connectivity index (χ1) is 7.51. The number of hydrogen-bond donors (Lipinski definition) is 0. The van der Waals surface area contributed by atoms with Crippen LogP contribution < -0.4 is 0 Å². The number of ether oxygens (including phenoxy) is 1. The lowest BCUT2D eigenvalue weighted by Crippen LogP contribution is -2.11. The van der Waals surface area contributed by atoms with Crippen LogP contribution in [0.3, 0.4) is 0 Å². The Morgan fingerprint density at radius 2 is 2.31 bits per heavy atom. The van der Waals surface area contributed by atoms with Crippen molar-refractivity contribution in [3.05, 3.63) is 26.6 Å². The minimum Gasteiger partial charge on any atom is -0.465 e. The lowest BCUT2D eigenvalue weighted by molar-refractivity contribution is 0.0597. The normalized spacial score (nSPS) is 10.6. The van der Waals surface area contributed by atoms with Crippen LogP contribution in [0.25, 0.3) is 0 Å². The summed E-state index contributed by atoms with van der Waals surface area (Å²) in [5.41, 5.74) is 0.143. The Kier molecular flexibility index (Phi) is 5.03. The summed E-state index contributed by atoms with van der Waals surface area (Å²) in [5.74, 6) is -0.577. The summed E-state index contributed by atoms with van der Waals surface area (Å²) in [7, 11) is 1.23. The number of halogens is 4. The molecule has 16 heavy (non-hydrogen) atoms. The summed E-state index contributed by atoms with van der Waals surface area (Å²) in [4.78, 5) is 15.1. The van der Waals surface area contributed by atoms with E-state index in [2.05, 4.69) is 25.7 Å². The molecule has 0 aromatic carbocycles. The molecular formula is C9H7BrF2INO2. The van der Waals surface area contributed by atoms with Crippen molar-refractivity contribution in [3.8, 4) is 0 Å². The van der Waals surface area contributed by atoms with Crippen LogP contribution in [-0.4, -0.2) is 18.1 Å². The van der Waals surface area contributed by atoms with Gasteiger partial charge in [-0.15, -0.1) is 0 Å². The van der Waals surface area contributed by atoms with Crippen molar-refractivity contribution in [1.82, 2.24) is 4.98 Å². The molecule has 0 amide bonds. The predicted molar refractivity (Wildman–Crippen MR) is 65.9 cm³/mol. The molecule has 1 aromatic rings. The molecule has 0 aliphatic rings. The Morgan fingerprint density at radius 3 is 2.75 bits per heavy atom. The van der Waals surface area contributed by atoms with Gasteiger partial charge in [0.25, 0.3) is 6.43 Å². The molecule has 0 aliphatic carbocycles. The molecule has 88 valence electrons. The van der Waals surface area contributed by atoms with Crippen LogP contribution in [-0.2, 0) is 10.1 Å². The molecule has 3 nitrogen and oxygen atoms in total. The highest BCUT2D eigenvalue weighted by Crippen LogP contribution is 2.25. The van der Waals surface area contributed by atoms with E-state index in [1.807, 2.05) is 22.6 Å². The summed E-state index contributed by atoms with van der Waals surface area (Å²) in [6.45, 7) is 0. The smallest absolute Gasteiger partial charge is 0.340 e. The second-order valence-electron chi connectivity index (χ2n) is 2.78. The monoisotopic (exact) mass is 405 g/mol. The number of pyridine rings is 1. The van der Waals surface area contributed by atoms with Gasteiger partial charge in [-0.2, -0.15) is 0 Å². The molecule has 0 radical (unpaired) electrons. The van der Waals surface area contributed by atoms with Gasteiger partial charge in [-0.3, -0.25) is 0 Å². The maximum absolute atomic E-state index is 12.5. The van der Waals surface area contributed by atoms with E-state index in [-0.39, 0.29) is 22.3 Å². The van der Waals surface area contributed by atoms with Crippen LogP contribution in [0, 0.1) is 3.57 Å². The number of carbonyl (C=O) groups excluding carboxylic acids is 1. The van der Waals surface area contributed by atoms with Gasteiger partial charge in [0.2, 0.25) is 0 Å². The third-order valence-electron chi connectivity index (χ3n) is 1.81. The number of alkyl halides is 3. The number of nitrogens with zero attached hydrogens (tertiary/aromatic N) is 1. The van der Waals surface area contributed by atoms with Crippen molar-refractivity contribution in [2.45, 2.75) is 11.8 Å². The molecule has 1 rings (SSSR count). The zero-order valence-electron chi connectivity index (χ0n) is 8.14. The van der Waals surface area contributed by atoms with Crippen molar-refractivity contribution in [2.75, 3.05) is 7.11 Å². The zero-order chi connectivity index (χ0) is 12.3. The van der Waals surface area contributed by atoms with Crippen LogP contribution in [0.2, 0.25) is 0 Å². The highest BCUT2D eigenvalue weighted by Gasteiger charge is 2.20. The predicted octanol–water partition coefficient (Wildman–Crippen LogP) is 3.31. The second-order valence-corrected chi connectivity index (χ2v) is 4.50. The summed E-state index contributed by atoms with van der Waals surface area (Å²) in [6.07, 6.45) is -2.65. The average molecular weight is 406 g/mol. The van der Waals surface area contributed by atoms with E-state index in [1.54, 1.807) is 0 Å². The van der Waals surface area contributed by atoms with Crippen LogP contribution >= 0.6 is 38.5 Å². The SMILES string of the molecule is COC(=O)c1c(I)cc(C(F)F)nc1CBr. The lowest BCUT2D eigenvalue weighted by atomic mass is 10.2. The van der Waals surface area contributed by atoms with Crippen molar-refractivity contribution in [1.29, 1.82) is 0 Å². The minimum absolute atomic E-state index is 0.216. The molecule has 0 atom stereocenters. The highest BCUT2D eigenvalue weighted by atomic mass is 127. The number of hydrogen-bond acceptors (Lipinski definition) is 3. The summed E-state index contributed by atoms with van der Waals surface area (Å²) in [5, 5.41) is 0.216. The average Bonchev–Trinajstić information content (AvgIpc) is 2.26. The van der Waals surface area contributed by atoms with E-state index in [4.69, 9.17) is 0 Å². The summed E-state index contributed by atoms with van der Waals surface area (Å²) < 4.78 is 29.9. The number of carbonyl (C=O) groups is 1. The van der Waals surface area contributed by atoms with Crippen LogP contribution in [0.5, 0.6) is 0 Å². The fourth-order valence-corrected chi connectivity index (χ4v) is 2.37. The van der Waals surface area contributed by atoms with E-state index in [9.17, 15) is 13.6 Å². The fourth-order valence-electron chi connectivity index (χ4n) is 1.11. The molecule has 0 N–H and O–H groups in total. The van der Waals surface area contributed by atoms with E-state index in [0.717, 1.165) is 0 Å². The Labute approximate surface area is 113 Å². The summed E-state index contributed by atoms with van der Waals surface area (Å²) >= 11 is 4.92. The Morgan fingerprint density at radius 1 is 1.69 bits per heavy atom. The molecular weight excluding hydrogens is 399 g/mol. The number of methoxy groups -OCH3 is 1. The number of esters is 1. The molecule has 0 fully saturated rings. The van der Waals surface area contributed by atoms with E-state index < -0.39 is 12.4 Å². The van der Waals surface area contributed by atoms with Gasteiger partial charge in [0.1, 0.15) is 5.69 Å². The minimum atomic E-state index is -2.65. The quantitative estimate of drug-likeness (QED) is 0.440. The van der Waals surface area contributed by atoms with Gasteiger partial charge in [-0.25, -0.2) is 18.6 Å². The van der Waals surface area contributed by atoms with Gasteiger partial charge in [-0.05, 0) is 28.7 Å². The van der Waals surface area contributed by atoms with Gasteiger partial charge >= 0.3 is 5.97 Å². The van der Waals surface area contributed by atoms with E-state index >= 15 is 0 Å². The zero-order valence-corrected chi connectivity index (χ0v) is 11.9. The van der Waals surface area contributed by atoms with Crippen molar-refractivity contribution in [3.63, 3.8) is 0 Å². The van der Waals surface area contributed by atoms with Gasteiger partial charge in [0, 0.05) is 8.90 Å². The maximum Gasteiger partial charge on any atom is 0.340 e. The molecule has 0 bridgehead atoms. The van der Waals surface area contributed by atoms with Crippen molar-refractivity contribution < 1.29 is 18.3 Å². The lowest BCUT2D eigenvalue weighted by Gasteiger charge is -2.09. The van der Waals surface area contributed by atoms with Gasteiger partial charge < -0.3 is 4.74 Å². The highest BCUT2D eigenvalue weighted by molar-refractivity contribution is 14.1. The fraction of sp³-hybridized carbons (Fsp3) is 0.333. The standard InChI is InChI=1S/C9H7BrF2INO2/c1-16-9(15)7-4(13)2-5(8(11)12)14-6(7)3-10/h2,8H,3H2,1H3. The largest absolute Gasteiger partial charge is 0.465 e. The van der Waals surface area contributed by atoms with Crippen LogP contribution in [0.1, 0.15) is 28.2 Å². The first-order valence-corrected chi connectivity index (χ1v) is 6.33. The first-order valence-electron chi connectivity index (χ1n) is 4.13. The topological polar surface area (TPSA) is 39.2 Å². The van der Waals surface area contributed by atoms with E-state index in [1.165, 1.54) is 13.2 Å². The number of aromatic nitrogens is 1. The third-order valence-corrected chi connectivity index (χ3v) is 3.19. The molecule has 7 heteroatoms. The van der Waals surface area contributed by atoms with Gasteiger partial charge in [-0.1, -0.05) is 15.9 Å². The van der Waals surface area contributed by atoms with Gasteiger partial charge in [0.15, 0.2) is 0 Å². The second kappa shape index (κ2) is 5.85. The van der Waals surface area contributed by atoms with Gasteiger partial charge in [0.05, 0.1) is 18.4 Å². The molecule has 0 unspecified atom stereocenters. The molecule has 1 heterocycles. The van der Waals surface area contributed by atoms with E-state index in [0.29, 0.717) is 3.57 Å². The molecule has 0 spiro atoms. The molecule has 1 aromatic heterocycles. The molecule has 0 saturated carbocycles. The van der Waals surface area contributed by atoms with Crippen molar-refractivity contribution in [2.24, 2.45) is 0 Å². The van der Waals surface area contributed by atoms with Crippen molar-refractivity contribution >= 4 is 44.5 Å². The molecule has 0 aliphatic heterocycles. The Balaban J connectivity index is 3.34. The molecule has 0 saturated heterocycles. The Hall–Kier alpha value is -0.310. The summed E-state index contributed by atoms with van der Waals surface area (Å²) in [6, 6.07) is 1.18. The third kappa shape index (κ3) is 2.88. The maximum atomic E-state index is 12.5.